The van der Waals surface area contributed by atoms with Crippen molar-refractivity contribution in [3.05, 3.63) is 29.8 Å². The smallest absolute Gasteiger partial charge is 0.243 e. The Morgan fingerprint density at radius 3 is 2.61 bits per heavy atom. The molecule has 1 aromatic carbocycles. The van der Waals surface area contributed by atoms with Crippen LogP contribution < -0.4 is 15.4 Å². The van der Waals surface area contributed by atoms with E-state index in [2.05, 4.69) is 46.5 Å². The molecule has 2 rings (SSSR count). The van der Waals surface area contributed by atoms with Crippen LogP contribution in [0, 0.1) is 0 Å². The van der Waals surface area contributed by atoms with Gasteiger partial charge in [0.1, 0.15) is 12.3 Å². The van der Waals surface area contributed by atoms with Crippen LogP contribution in [0.15, 0.2) is 29.3 Å². The fraction of sp³-hybridized carbons (Fsp3) is 0.636. The molecule has 0 saturated carbocycles. The van der Waals surface area contributed by atoms with Crippen LogP contribution in [0.3, 0.4) is 0 Å². The van der Waals surface area contributed by atoms with E-state index in [1.165, 1.54) is 5.56 Å². The minimum atomic E-state index is -0.146. The highest BCUT2D eigenvalue weighted by atomic mass is 127. The molecule has 1 fully saturated rings. The first kappa shape index (κ1) is 27.4. The molecule has 8 nitrogen and oxygen atoms in total. The lowest BCUT2D eigenvalue weighted by Gasteiger charge is -2.28. The largest absolute Gasteiger partial charge is 0.497 e. The molecule has 1 aromatic rings. The standard InChI is InChI=1S/C22H37N5O3.HI/c1-22(2,18-7-6-8-19(15-18)29-5)17-25-21(24-16-20(28)26(3)4)23-9-10-27-11-13-30-14-12-27;/h6-8,15H,9-14,16-17H2,1-5H3,(H2,23,24,25);1H. The second-order valence-corrected chi connectivity index (χ2v) is 8.30. The maximum atomic E-state index is 12.0. The van der Waals surface area contributed by atoms with Gasteiger partial charge in [0.2, 0.25) is 5.91 Å². The molecule has 0 bridgehead atoms. The van der Waals surface area contributed by atoms with Gasteiger partial charge in [0.25, 0.3) is 0 Å². The molecule has 1 aliphatic rings. The number of carbonyl (C=O) groups excluding carboxylic acids is 1. The number of halogens is 1. The number of likely N-dealkylation sites (N-methyl/N-ethyl adjacent to an activating group) is 1. The van der Waals surface area contributed by atoms with Gasteiger partial charge in [0.05, 0.1) is 20.3 Å². The van der Waals surface area contributed by atoms with E-state index in [0.717, 1.165) is 45.1 Å². The van der Waals surface area contributed by atoms with Crippen molar-refractivity contribution in [1.82, 2.24) is 20.4 Å². The van der Waals surface area contributed by atoms with E-state index in [1.54, 1.807) is 26.1 Å². The van der Waals surface area contributed by atoms with E-state index in [9.17, 15) is 4.79 Å². The molecule has 1 aliphatic heterocycles. The molecule has 0 spiro atoms. The monoisotopic (exact) mass is 547 g/mol. The van der Waals surface area contributed by atoms with Crippen LogP contribution in [-0.4, -0.2) is 95.4 Å². The van der Waals surface area contributed by atoms with Crippen LogP contribution in [0.2, 0.25) is 0 Å². The van der Waals surface area contributed by atoms with Gasteiger partial charge in [0, 0.05) is 52.2 Å². The quantitative estimate of drug-likeness (QED) is 0.278. The second-order valence-electron chi connectivity index (χ2n) is 8.30. The van der Waals surface area contributed by atoms with E-state index in [-0.39, 0.29) is 41.8 Å². The Morgan fingerprint density at radius 2 is 1.97 bits per heavy atom. The molecule has 1 amide bonds. The molecule has 0 radical (unpaired) electrons. The minimum absolute atomic E-state index is 0. The summed E-state index contributed by atoms with van der Waals surface area (Å²) in [6.07, 6.45) is 0. The Labute approximate surface area is 203 Å². The number of hydrogen-bond donors (Lipinski definition) is 2. The minimum Gasteiger partial charge on any atom is -0.497 e. The third-order valence-corrected chi connectivity index (χ3v) is 5.24. The average molecular weight is 547 g/mol. The summed E-state index contributed by atoms with van der Waals surface area (Å²) in [5, 5.41) is 6.78. The van der Waals surface area contributed by atoms with Gasteiger partial charge < -0.3 is 25.0 Å². The first-order valence-electron chi connectivity index (χ1n) is 10.5. The maximum Gasteiger partial charge on any atom is 0.243 e. The molecule has 0 aromatic heterocycles. The van der Waals surface area contributed by atoms with Gasteiger partial charge in [-0.15, -0.1) is 24.0 Å². The van der Waals surface area contributed by atoms with Gasteiger partial charge in [-0.2, -0.15) is 0 Å². The van der Waals surface area contributed by atoms with Crippen molar-refractivity contribution < 1.29 is 14.3 Å². The zero-order valence-corrected chi connectivity index (χ0v) is 21.8. The molecule has 0 unspecified atom stereocenters. The molecule has 2 N–H and O–H groups in total. The van der Waals surface area contributed by atoms with Gasteiger partial charge in [-0.1, -0.05) is 26.0 Å². The van der Waals surface area contributed by atoms with Crippen LogP contribution in [0.4, 0.5) is 0 Å². The maximum absolute atomic E-state index is 12.0. The van der Waals surface area contributed by atoms with E-state index < -0.39 is 0 Å². The number of nitrogens with zero attached hydrogens (tertiary/aromatic N) is 3. The molecule has 0 aliphatic carbocycles. The normalized spacial score (nSPS) is 15.1. The van der Waals surface area contributed by atoms with E-state index in [4.69, 9.17) is 9.47 Å². The van der Waals surface area contributed by atoms with Gasteiger partial charge in [-0.3, -0.25) is 9.69 Å². The highest BCUT2D eigenvalue weighted by Crippen LogP contribution is 2.25. The Hall–Kier alpha value is -1.59. The third kappa shape index (κ3) is 9.61. The van der Waals surface area contributed by atoms with E-state index >= 15 is 0 Å². The number of carbonyl (C=O) groups is 1. The van der Waals surface area contributed by atoms with Crippen LogP contribution in [0.5, 0.6) is 5.75 Å². The Morgan fingerprint density at radius 1 is 1.26 bits per heavy atom. The molecule has 1 heterocycles. The molecule has 0 atom stereocenters. The number of hydrogen-bond acceptors (Lipinski definition) is 5. The highest BCUT2D eigenvalue weighted by Gasteiger charge is 2.22. The number of benzene rings is 1. The van der Waals surface area contributed by atoms with Crippen molar-refractivity contribution in [2.24, 2.45) is 4.99 Å². The lowest BCUT2D eigenvalue weighted by atomic mass is 9.84. The number of amides is 1. The topological polar surface area (TPSA) is 78.4 Å². The van der Waals surface area contributed by atoms with Crippen LogP contribution >= 0.6 is 24.0 Å². The van der Waals surface area contributed by atoms with E-state index in [0.29, 0.717) is 12.5 Å². The van der Waals surface area contributed by atoms with Crippen molar-refractivity contribution in [3.63, 3.8) is 0 Å². The highest BCUT2D eigenvalue weighted by molar-refractivity contribution is 14.0. The zero-order valence-electron chi connectivity index (χ0n) is 19.4. The van der Waals surface area contributed by atoms with Gasteiger partial charge in [-0.25, -0.2) is 4.99 Å². The summed E-state index contributed by atoms with van der Waals surface area (Å²) in [5.41, 5.74) is 1.03. The number of morpholine rings is 1. The predicted molar refractivity (Wildman–Crippen MR) is 136 cm³/mol. The van der Waals surface area contributed by atoms with Gasteiger partial charge in [-0.05, 0) is 17.7 Å². The van der Waals surface area contributed by atoms with Gasteiger partial charge in [0.15, 0.2) is 5.96 Å². The Balaban J connectivity index is 0.00000480. The molecule has 1 saturated heterocycles. The SMILES string of the molecule is COc1cccc(C(C)(C)CNC(=NCC(=O)N(C)C)NCCN2CCOCC2)c1.I. The Bertz CT molecular complexity index is 706. The molecular formula is C22H38IN5O3. The van der Waals surface area contributed by atoms with Crippen molar-refractivity contribution >= 4 is 35.8 Å². The van der Waals surface area contributed by atoms with Crippen molar-refractivity contribution in [2.75, 3.05) is 73.7 Å². The summed E-state index contributed by atoms with van der Waals surface area (Å²) in [4.78, 5) is 20.4. The molecule has 176 valence electrons. The molecule has 9 heteroatoms. The van der Waals surface area contributed by atoms with Crippen molar-refractivity contribution in [2.45, 2.75) is 19.3 Å². The number of methoxy groups -OCH3 is 1. The van der Waals surface area contributed by atoms with Crippen LogP contribution in [-0.2, 0) is 14.9 Å². The third-order valence-electron chi connectivity index (χ3n) is 5.24. The van der Waals surface area contributed by atoms with Gasteiger partial charge >= 0.3 is 0 Å². The number of nitrogens with one attached hydrogen (secondary N) is 2. The summed E-state index contributed by atoms with van der Waals surface area (Å²) >= 11 is 0. The van der Waals surface area contributed by atoms with Crippen LogP contribution in [0.25, 0.3) is 0 Å². The summed E-state index contributed by atoms with van der Waals surface area (Å²) in [6.45, 7) is 10.2. The molecular weight excluding hydrogens is 509 g/mol. The Kier molecular flexibility index (Phi) is 12.2. The predicted octanol–water partition coefficient (Wildman–Crippen LogP) is 1.55. The van der Waals surface area contributed by atoms with Crippen molar-refractivity contribution in [3.8, 4) is 5.75 Å². The summed E-state index contributed by atoms with van der Waals surface area (Å²) in [6, 6.07) is 8.10. The summed E-state index contributed by atoms with van der Waals surface area (Å²) < 4.78 is 10.8. The number of aliphatic imine (C=N–C) groups is 1. The zero-order chi connectivity index (χ0) is 22.0. The molecule has 31 heavy (non-hydrogen) atoms. The first-order chi connectivity index (χ1) is 14.3. The summed E-state index contributed by atoms with van der Waals surface area (Å²) in [7, 11) is 5.15. The fourth-order valence-electron chi connectivity index (χ4n) is 3.07. The fourth-order valence-corrected chi connectivity index (χ4v) is 3.07. The number of ether oxygens (including phenoxy) is 2. The number of rotatable bonds is 9. The first-order valence-corrected chi connectivity index (χ1v) is 10.5. The second kappa shape index (κ2) is 13.7. The number of guanidine groups is 1. The van der Waals surface area contributed by atoms with Crippen molar-refractivity contribution in [1.29, 1.82) is 0 Å². The van der Waals surface area contributed by atoms with E-state index in [1.807, 2.05) is 12.1 Å². The summed E-state index contributed by atoms with van der Waals surface area (Å²) in [5.74, 6) is 1.46. The average Bonchev–Trinajstić information content (AvgIpc) is 2.75. The lowest BCUT2D eigenvalue weighted by Crippen LogP contribution is -2.47. The lowest BCUT2D eigenvalue weighted by molar-refractivity contribution is -0.127. The van der Waals surface area contributed by atoms with Crippen LogP contribution in [0.1, 0.15) is 19.4 Å².